The van der Waals surface area contributed by atoms with Gasteiger partial charge in [0.05, 0.1) is 0 Å². The van der Waals surface area contributed by atoms with Crippen LogP contribution in [0, 0.1) is 17.8 Å². The van der Waals surface area contributed by atoms with Gasteiger partial charge in [-0.1, -0.05) is 143 Å². The Morgan fingerprint density at radius 1 is 0.414 bits per heavy atom. The van der Waals surface area contributed by atoms with E-state index < -0.39 is 0 Å². The maximum absolute atomic E-state index is 3.41. The molecular weight excluding hydrogens is 348 g/mol. The van der Waals surface area contributed by atoms with Crippen molar-refractivity contribution in [1.29, 1.82) is 0 Å². The van der Waals surface area contributed by atoms with Crippen LogP contribution >= 0.6 is 0 Å². The zero-order valence-electron chi connectivity index (χ0n) is 20.8. The van der Waals surface area contributed by atoms with E-state index in [9.17, 15) is 0 Å². The predicted octanol–water partition coefficient (Wildman–Crippen LogP) is 10.6. The second kappa shape index (κ2) is 25.6. The number of rotatable bonds is 22. The molecule has 0 heteroatoms. The predicted molar refractivity (Wildman–Crippen MR) is 134 cm³/mol. The van der Waals surface area contributed by atoms with Gasteiger partial charge >= 0.3 is 0 Å². The van der Waals surface area contributed by atoms with Crippen molar-refractivity contribution in [2.45, 2.75) is 168 Å². The van der Waals surface area contributed by atoms with E-state index in [1.165, 1.54) is 135 Å². The summed E-state index contributed by atoms with van der Waals surface area (Å²) in [4.78, 5) is 0. The molecule has 0 fully saturated rings. The van der Waals surface area contributed by atoms with Crippen LogP contribution in [0.25, 0.3) is 0 Å². The molecule has 0 heterocycles. The van der Waals surface area contributed by atoms with E-state index in [1.807, 2.05) is 0 Å². The van der Waals surface area contributed by atoms with Crippen LogP contribution in [0.3, 0.4) is 0 Å². The Balaban J connectivity index is 3.10. The third kappa shape index (κ3) is 27.6. The molecule has 0 aromatic carbocycles. The van der Waals surface area contributed by atoms with Crippen molar-refractivity contribution in [2.75, 3.05) is 0 Å². The summed E-state index contributed by atoms with van der Waals surface area (Å²) < 4.78 is 0. The number of hydrogen-bond acceptors (Lipinski definition) is 0. The van der Waals surface area contributed by atoms with Crippen molar-refractivity contribution in [3.05, 3.63) is 0 Å². The van der Waals surface area contributed by atoms with Crippen LogP contribution in [-0.4, -0.2) is 0 Å². The Morgan fingerprint density at radius 3 is 1.07 bits per heavy atom. The van der Waals surface area contributed by atoms with Crippen LogP contribution < -0.4 is 0 Å². The summed E-state index contributed by atoms with van der Waals surface area (Å²) in [7, 11) is 0. The molecule has 0 radical (unpaired) electrons. The zero-order chi connectivity index (χ0) is 21.3. The Morgan fingerprint density at radius 2 is 0.724 bits per heavy atom. The maximum Gasteiger partial charge on any atom is 0.00886 e. The first-order valence-corrected chi connectivity index (χ1v) is 13.7. The minimum atomic E-state index is 0.885. The fourth-order valence-corrected chi connectivity index (χ4v) is 4.06. The molecule has 0 aliphatic rings. The Bertz CT molecular complexity index is 343. The SMILES string of the molecule is CCCCCCCCCCCCCCC#CCCCCCCCCCCC(C)C. The van der Waals surface area contributed by atoms with Gasteiger partial charge in [-0.2, -0.15) is 0 Å². The van der Waals surface area contributed by atoms with Gasteiger partial charge in [-0.25, -0.2) is 0 Å². The fraction of sp³-hybridized carbons (Fsp3) is 0.931. The molecule has 29 heavy (non-hydrogen) atoms. The van der Waals surface area contributed by atoms with E-state index >= 15 is 0 Å². The largest absolute Gasteiger partial charge is 0.103 e. The van der Waals surface area contributed by atoms with Gasteiger partial charge in [0.25, 0.3) is 0 Å². The smallest absolute Gasteiger partial charge is 0.00886 e. The maximum atomic E-state index is 3.41. The van der Waals surface area contributed by atoms with Gasteiger partial charge in [0.15, 0.2) is 0 Å². The molecule has 172 valence electrons. The van der Waals surface area contributed by atoms with Crippen molar-refractivity contribution in [3.63, 3.8) is 0 Å². The second-order valence-electron chi connectivity index (χ2n) is 9.75. The Kier molecular flexibility index (Phi) is 25.2. The molecule has 0 aliphatic carbocycles. The van der Waals surface area contributed by atoms with Gasteiger partial charge in [0.1, 0.15) is 0 Å². The van der Waals surface area contributed by atoms with Crippen LogP contribution in [0.15, 0.2) is 0 Å². The fourth-order valence-electron chi connectivity index (χ4n) is 4.06. The molecule has 0 aromatic rings. The van der Waals surface area contributed by atoms with E-state index in [1.54, 1.807) is 0 Å². The third-order valence-corrected chi connectivity index (χ3v) is 6.11. The van der Waals surface area contributed by atoms with Crippen molar-refractivity contribution in [2.24, 2.45) is 5.92 Å². The average molecular weight is 405 g/mol. The van der Waals surface area contributed by atoms with Crippen molar-refractivity contribution < 1.29 is 0 Å². The summed E-state index contributed by atoms with van der Waals surface area (Å²) in [5, 5.41) is 0. The minimum absolute atomic E-state index is 0.885. The van der Waals surface area contributed by atoms with Crippen molar-refractivity contribution >= 4 is 0 Å². The lowest BCUT2D eigenvalue weighted by Gasteiger charge is -2.04. The van der Waals surface area contributed by atoms with E-state index in [4.69, 9.17) is 0 Å². The third-order valence-electron chi connectivity index (χ3n) is 6.11. The zero-order valence-corrected chi connectivity index (χ0v) is 20.8. The van der Waals surface area contributed by atoms with Gasteiger partial charge in [0.2, 0.25) is 0 Å². The summed E-state index contributed by atoms with van der Waals surface area (Å²) in [6, 6.07) is 0. The first kappa shape index (κ1) is 28.6. The van der Waals surface area contributed by atoms with E-state index in [0.717, 1.165) is 18.8 Å². The topological polar surface area (TPSA) is 0 Å². The van der Waals surface area contributed by atoms with Gasteiger partial charge in [-0.15, -0.1) is 11.8 Å². The summed E-state index contributed by atoms with van der Waals surface area (Å²) in [5.74, 6) is 7.69. The molecular formula is C29H56. The van der Waals surface area contributed by atoms with Crippen LogP contribution in [0.1, 0.15) is 168 Å². The first-order chi connectivity index (χ1) is 14.3. The van der Waals surface area contributed by atoms with Crippen molar-refractivity contribution in [1.82, 2.24) is 0 Å². The highest BCUT2D eigenvalue weighted by Crippen LogP contribution is 2.14. The van der Waals surface area contributed by atoms with Crippen LogP contribution in [0.2, 0.25) is 0 Å². The lowest BCUT2D eigenvalue weighted by molar-refractivity contribution is 0.508. The molecule has 0 rings (SSSR count). The molecule has 0 spiro atoms. The van der Waals surface area contributed by atoms with Crippen LogP contribution in [-0.2, 0) is 0 Å². The van der Waals surface area contributed by atoms with Gasteiger partial charge in [0, 0.05) is 12.8 Å². The van der Waals surface area contributed by atoms with E-state index in [-0.39, 0.29) is 0 Å². The summed E-state index contributed by atoms with van der Waals surface area (Å²) in [5.41, 5.74) is 0. The number of hydrogen-bond donors (Lipinski definition) is 0. The molecule has 0 saturated carbocycles. The molecule has 0 N–H and O–H groups in total. The second-order valence-corrected chi connectivity index (χ2v) is 9.75. The van der Waals surface area contributed by atoms with E-state index in [0.29, 0.717) is 0 Å². The molecule has 0 aliphatic heterocycles. The normalized spacial score (nSPS) is 11.0. The highest BCUT2D eigenvalue weighted by molar-refractivity contribution is 4.98. The highest BCUT2D eigenvalue weighted by atomic mass is 14.0. The average Bonchev–Trinajstić information content (AvgIpc) is 2.71. The molecule has 0 amide bonds. The molecule has 0 bridgehead atoms. The summed E-state index contributed by atoms with van der Waals surface area (Å²) in [6.45, 7) is 6.97. The van der Waals surface area contributed by atoms with E-state index in [2.05, 4.69) is 32.6 Å². The Labute approximate surface area is 186 Å². The summed E-state index contributed by atoms with van der Waals surface area (Å²) >= 11 is 0. The van der Waals surface area contributed by atoms with Crippen LogP contribution in [0.4, 0.5) is 0 Å². The molecule has 0 saturated heterocycles. The molecule has 0 nitrogen and oxygen atoms in total. The lowest BCUT2D eigenvalue weighted by atomic mass is 10.0. The highest BCUT2D eigenvalue weighted by Gasteiger charge is 1.95. The Hall–Kier alpha value is -0.440. The summed E-state index contributed by atoms with van der Waals surface area (Å²) in [6.07, 6.45) is 32.2. The van der Waals surface area contributed by atoms with Crippen molar-refractivity contribution in [3.8, 4) is 11.8 Å². The van der Waals surface area contributed by atoms with Gasteiger partial charge in [-0.3, -0.25) is 0 Å². The van der Waals surface area contributed by atoms with Gasteiger partial charge in [-0.05, 0) is 18.8 Å². The molecule has 0 aromatic heterocycles. The van der Waals surface area contributed by atoms with Gasteiger partial charge < -0.3 is 0 Å². The quantitative estimate of drug-likeness (QED) is 0.124. The van der Waals surface area contributed by atoms with Crippen LogP contribution in [0.5, 0.6) is 0 Å². The molecule has 0 atom stereocenters. The minimum Gasteiger partial charge on any atom is -0.103 e. The standard InChI is InChI=1S/C29H56/c1-4-5-6-7-8-9-10-11-12-13-14-15-16-17-18-19-20-21-22-23-24-25-26-27-28-29(2)3/h29H,4-16,19-28H2,1-3H3. The number of unbranched alkanes of at least 4 members (excludes halogenated alkanes) is 20. The first-order valence-electron chi connectivity index (χ1n) is 13.7. The monoisotopic (exact) mass is 404 g/mol. The lowest BCUT2D eigenvalue weighted by Crippen LogP contribution is -1.87. The molecule has 0 unspecified atom stereocenters.